The minimum absolute atomic E-state index is 0.182. The molecule has 0 aliphatic rings. The normalized spacial score (nSPS) is 12.4. The van der Waals surface area contributed by atoms with Crippen molar-refractivity contribution in [3.8, 4) is 5.75 Å². The van der Waals surface area contributed by atoms with Crippen LogP contribution in [0.5, 0.6) is 5.75 Å². The third kappa shape index (κ3) is 8.24. The SMILES string of the molecule is COc1ccc(NC(=O)CC(/C=C/c2ccccc2)N(C(=O)OC(C)(C)C)P(=O)(c2ccccc2)c2ccccc2)cc1. The molecular weight excluding hydrogens is 559 g/mol. The largest absolute Gasteiger partial charge is 0.497 e. The first-order chi connectivity index (χ1) is 20.6. The van der Waals surface area contributed by atoms with Crippen molar-refractivity contribution < 1.29 is 23.6 Å². The van der Waals surface area contributed by atoms with Crippen LogP contribution in [0.15, 0.2) is 121 Å². The molecule has 0 spiro atoms. The monoisotopic (exact) mass is 596 g/mol. The minimum atomic E-state index is -3.89. The second kappa shape index (κ2) is 14.0. The summed E-state index contributed by atoms with van der Waals surface area (Å²) in [6, 6.07) is 33.3. The van der Waals surface area contributed by atoms with Crippen molar-refractivity contribution in [2.75, 3.05) is 12.4 Å². The number of nitrogens with zero attached hydrogens (tertiary/aromatic N) is 1. The number of hydrogen-bond donors (Lipinski definition) is 1. The zero-order chi connectivity index (χ0) is 30.9. The van der Waals surface area contributed by atoms with Crippen LogP contribution >= 0.6 is 7.29 Å². The molecule has 1 unspecified atom stereocenters. The van der Waals surface area contributed by atoms with Crippen LogP contribution in [0.4, 0.5) is 10.5 Å². The molecule has 0 heterocycles. The summed E-state index contributed by atoms with van der Waals surface area (Å²) in [6.07, 6.45) is 2.59. The van der Waals surface area contributed by atoms with Crippen LogP contribution < -0.4 is 20.7 Å². The lowest BCUT2D eigenvalue weighted by Gasteiger charge is -2.38. The Bertz CT molecular complexity index is 1520. The van der Waals surface area contributed by atoms with Gasteiger partial charge >= 0.3 is 6.09 Å². The molecule has 0 bridgehead atoms. The first-order valence-electron chi connectivity index (χ1n) is 14.0. The van der Waals surface area contributed by atoms with Crippen molar-refractivity contribution in [1.29, 1.82) is 0 Å². The highest BCUT2D eigenvalue weighted by Crippen LogP contribution is 2.50. The number of carbonyl (C=O) groups excluding carboxylic acids is 2. The number of rotatable bonds is 10. The van der Waals surface area contributed by atoms with Crippen molar-refractivity contribution in [2.45, 2.75) is 38.8 Å². The van der Waals surface area contributed by atoms with E-state index < -0.39 is 25.0 Å². The molecule has 0 saturated heterocycles. The lowest BCUT2D eigenvalue weighted by atomic mass is 10.1. The van der Waals surface area contributed by atoms with E-state index in [1.807, 2.05) is 48.5 Å². The average Bonchev–Trinajstić information content (AvgIpc) is 3.00. The Kier molecular flexibility index (Phi) is 10.2. The van der Waals surface area contributed by atoms with Crippen molar-refractivity contribution in [3.63, 3.8) is 0 Å². The molecule has 222 valence electrons. The van der Waals surface area contributed by atoms with Crippen LogP contribution in [0.1, 0.15) is 32.8 Å². The smallest absolute Gasteiger partial charge is 0.416 e. The first kappa shape index (κ1) is 31.3. The van der Waals surface area contributed by atoms with Gasteiger partial charge in [-0.1, -0.05) is 78.9 Å². The van der Waals surface area contributed by atoms with Gasteiger partial charge in [-0.05, 0) is 74.9 Å². The summed E-state index contributed by atoms with van der Waals surface area (Å²) in [5.74, 6) is 0.290. The third-order valence-electron chi connectivity index (χ3n) is 6.49. The van der Waals surface area contributed by atoms with Gasteiger partial charge in [0, 0.05) is 16.3 Å². The van der Waals surface area contributed by atoms with Gasteiger partial charge in [0.15, 0.2) is 0 Å². The lowest BCUT2D eigenvalue weighted by molar-refractivity contribution is -0.116. The van der Waals surface area contributed by atoms with E-state index in [0.717, 1.165) is 5.56 Å². The van der Waals surface area contributed by atoms with Crippen molar-refractivity contribution in [1.82, 2.24) is 4.67 Å². The zero-order valence-electron chi connectivity index (χ0n) is 24.8. The Morgan fingerprint density at radius 2 is 1.33 bits per heavy atom. The van der Waals surface area contributed by atoms with Crippen molar-refractivity contribution in [3.05, 3.63) is 127 Å². The predicted octanol–water partition coefficient (Wildman–Crippen LogP) is 7.27. The maximum absolute atomic E-state index is 15.6. The van der Waals surface area contributed by atoms with Crippen LogP contribution in [0.25, 0.3) is 6.08 Å². The van der Waals surface area contributed by atoms with Gasteiger partial charge in [0.05, 0.1) is 19.6 Å². The molecule has 4 aromatic rings. The molecule has 0 aliphatic carbocycles. The fourth-order valence-electron chi connectivity index (χ4n) is 4.52. The zero-order valence-corrected chi connectivity index (χ0v) is 25.7. The second-order valence-electron chi connectivity index (χ2n) is 10.9. The van der Waals surface area contributed by atoms with Crippen LogP contribution in [-0.2, 0) is 14.1 Å². The number of nitrogens with one attached hydrogen (secondary N) is 1. The quantitative estimate of drug-likeness (QED) is 0.195. The molecule has 0 radical (unpaired) electrons. The van der Waals surface area contributed by atoms with Gasteiger partial charge in [-0.2, -0.15) is 0 Å². The molecule has 4 rings (SSSR count). The topological polar surface area (TPSA) is 84.9 Å². The van der Waals surface area contributed by atoms with Crippen LogP contribution in [0, 0.1) is 0 Å². The Balaban J connectivity index is 1.85. The van der Waals surface area contributed by atoms with E-state index in [2.05, 4.69) is 5.32 Å². The van der Waals surface area contributed by atoms with Crippen LogP contribution in [-0.4, -0.2) is 35.4 Å². The molecule has 0 fully saturated rings. The summed E-state index contributed by atoms with van der Waals surface area (Å²) in [5.41, 5.74) is 0.545. The number of methoxy groups -OCH3 is 1. The number of hydrogen-bond acceptors (Lipinski definition) is 5. The molecule has 0 aromatic heterocycles. The van der Waals surface area contributed by atoms with Gasteiger partial charge in [0.2, 0.25) is 13.2 Å². The van der Waals surface area contributed by atoms with E-state index >= 15 is 4.57 Å². The van der Waals surface area contributed by atoms with Crippen molar-refractivity contribution >= 4 is 41.7 Å². The summed E-state index contributed by atoms with van der Waals surface area (Å²) in [7, 11) is -2.32. The molecule has 1 atom stereocenters. The van der Waals surface area contributed by atoms with E-state index in [0.29, 0.717) is 22.0 Å². The van der Waals surface area contributed by atoms with E-state index in [4.69, 9.17) is 9.47 Å². The van der Waals surface area contributed by atoms with E-state index in [-0.39, 0.29) is 12.3 Å². The maximum atomic E-state index is 15.6. The van der Waals surface area contributed by atoms with Gasteiger partial charge in [0.1, 0.15) is 11.4 Å². The summed E-state index contributed by atoms with van der Waals surface area (Å²) >= 11 is 0. The molecule has 7 nitrogen and oxygen atoms in total. The molecule has 4 aromatic carbocycles. The molecule has 8 heteroatoms. The molecular formula is C35H37N2O5P. The second-order valence-corrected chi connectivity index (χ2v) is 13.5. The highest BCUT2D eigenvalue weighted by molar-refractivity contribution is 7.77. The highest BCUT2D eigenvalue weighted by atomic mass is 31.2. The van der Waals surface area contributed by atoms with Gasteiger partial charge in [0.25, 0.3) is 0 Å². The Morgan fingerprint density at radius 1 is 0.814 bits per heavy atom. The molecule has 0 saturated carbocycles. The van der Waals surface area contributed by atoms with Crippen LogP contribution in [0.3, 0.4) is 0 Å². The summed E-state index contributed by atoms with van der Waals surface area (Å²) in [5, 5.41) is 3.79. The average molecular weight is 597 g/mol. The van der Waals surface area contributed by atoms with E-state index in [9.17, 15) is 9.59 Å². The fraction of sp³-hybridized carbons (Fsp3) is 0.200. The van der Waals surface area contributed by atoms with Gasteiger partial charge in [-0.25, -0.2) is 9.46 Å². The molecule has 0 aliphatic heterocycles. The Labute approximate surface area is 253 Å². The predicted molar refractivity (Wildman–Crippen MR) is 173 cm³/mol. The number of amides is 2. The summed E-state index contributed by atoms with van der Waals surface area (Å²) in [4.78, 5) is 27.7. The Hall–Kier alpha value is -4.61. The van der Waals surface area contributed by atoms with Crippen LogP contribution in [0.2, 0.25) is 0 Å². The fourth-order valence-corrected chi connectivity index (χ4v) is 7.32. The minimum Gasteiger partial charge on any atom is -0.497 e. The van der Waals surface area contributed by atoms with Crippen molar-refractivity contribution in [2.24, 2.45) is 0 Å². The lowest BCUT2D eigenvalue weighted by Crippen LogP contribution is -2.46. The highest BCUT2D eigenvalue weighted by Gasteiger charge is 2.44. The maximum Gasteiger partial charge on any atom is 0.416 e. The molecule has 1 N–H and O–H groups in total. The number of ether oxygens (including phenoxy) is 2. The van der Waals surface area contributed by atoms with E-state index in [1.165, 1.54) is 4.67 Å². The van der Waals surface area contributed by atoms with Gasteiger partial charge in [-0.3, -0.25) is 9.36 Å². The summed E-state index contributed by atoms with van der Waals surface area (Å²) in [6.45, 7) is 5.26. The van der Waals surface area contributed by atoms with E-state index in [1.54, 1.807) is 107 Å². The molecule has 43 heavy (non-hydrogen) atoms. The number of anilines is 1. The standard InChI is InChI=1S/C35H37N2O5P/c1-35(2,3)42-34(39)37(43(40,31-16-10-6-11-17-31)32-18-12-7-13-19-32)29(23-20-27-14-8-5-9-15-27)26-33(38)36-28-21-24-30(41-4)25-22-28/h5-25,29H,26H2,1-4H3,(H,36,38)/b23-20+. The number of benzene rings is 4. The third-order valence-corrected chi connectivity index (χ3v) is 9.55. The van der Waals surface area contributed by atoms with Gasteiger partial charge in [-0.15, -0.1) is 0 Å². The summed E-state index contributed by atoms with van der Waals surface area (Å²) < 4.78 is 27.9. The molecule has 2 amide bonds. The number of carbonyl (C=O) groups is 2. The van der Waals surface area contributed by atoms with Gasteiger partial charge < -0.3 is 14.8 Å². The Morgan fingerprint density at radius 3 is 1.81 bits per heavy atom. The first-order valence-corrected chi connectivity index (χ1v) is 15.7.